The van der Waals surface area contributed by atoms with Crippen molar-refractivity contribution >= 4 is 0 Å². The Morgan fingerprint density at radius 1 is 1.21 bits per heavy atom. The summed E-state index contributed by atoms with van der Waals surface area (Å²) in [5, 5.41) is 0. The molecule has 102 valence electrons. The summed E-state index contributed by atoms with van der Waals surface area (Å²) in [5.41, 5.74) is 7.09. The molecule has 0 saturated carbocycles. The van der Waals surface area contributed by atoms with Crippen LogP contribution in [0.3, 0.4) is 0 Å². The number of imidazole rings is 1. The van der Waals surface area contributed by atoms with Crippen LogP contribution in [0.1, 0.15) is 31.3 Å². The van der Waals surface area contributed by atoms with E-state index in [1.807, 2.05) is 32.0 Å². The van der Waals surface area contributed by atoms with Gasteiger partial charge in [-0.1, -0.05) is 6.07 Å². The number of nitrogens with two attached hydrogens (primary N) is 1. The fourth-order valence-corrected chi connectivity index (χ4v) is 1.87. The number of benzene rings is 1. The lowest BCUT2D eigenvalue weighted by molar-refractivity contribution is 0.287. The van der Waals surface area contributed by atoms with Crippen LogP contribution >= 0.6 is 0 Å². The van der Waals surface area contributed by atoms with Gasteiger partial charge in [0, 0.05) is 12.4 Å². The molecule has 0 fully saturated rings. The smallest absolute Gasteiger partial charge is 0.161 e. The Morgan fingerprint density at radius 2 is 1.95 bits per heavy atom. The van der Waals surface area contributed by atoms with Gasteiger partial charge < -0.3 is 20.2 Å². The fourth-order valence-electron chi connectivity index (χ4n) is 1.87. The number of nitrogens with one attached hydrogen (secondary N) is 1. The third kappa shape index (κ3) is 3.06. The molecule has 0 aliphatic rings. The zero-order valence-electron chi connectivity index (χ0n) is 11.2. The van der Waals surface area contributed by atoms with Crippen molar-refractivity contribution in [1.82, 2.24) is 9.97 Å². The van der Waals surface area contributed by atoms with Crippen LogP contribution in [0.15, 0.2) is 30.6 Å². The summed E-state index contributed by atoms with van der Waals surface area (Å²) in [4.78, 5) is 7.19. The van der Waals surface area contributed by atoms with E-state index in [2.05, 4.69) is 9.97 Å². The second kappa shape index (κ2) is 6.24. The summed E-state index contributed by atoms with van der Waals surface area (Å²) in [7, 11) is 0. The Labute approximate surface area is 112 Å². The lowest BCUT2D eigenvalue weighted by atomic mass is 10.1. The first-order valence-electron chi connectivity index (χ1n) is 6.40. The van der Waals surface area contributed by atoms with Crippen molar-refractivity contribution in [2.75, 3.05) is 13.2 Å². The van der Waals surface area contributed by atoms with E-state index < -0.39 is 0 Å². The lowest BCUT2D eigenvalue weighted by Crippen LogP contribution is -2.14. The molecule has 0 aliphatic carbocycles. The zero-order chi connectivity index (χ0) is 13.7. The van der Waals surface area contributed by atoms with Gasteiger partial charge in [0.05, 0.1) is 19.3 Å². The Hall–Kier alpha value is -2.01. The largest absolute Gasteiger partial charge is 0.490 e. The monoisotopic (exact) mass is 261 g/mol. The number of aromatic amines is 1. The minimum Gasteiger partial charge on any atom is -0.490 e. The van der Waals surface area contributed by atoms with Crippen LogP contribution in [0.25, 0.3) is 0 Å². The van der Waals surface area contributed by atoms with Crippen LogP contribution in [-0.4, -0.2) is 23.2 Å². The molecule has 5 heteroatoms. The molecule has 1 aromatic heterocycles. The molecule has 1 atom stereocenters. The first-order valence-corrected chi connectivity index (χ1v) is 6.40. The number of aromatic nitrogens is 2. The van der Waals surface area contributed by atoms with Gasteiger partial charge in [0.2, 0.25) is 0 Å². The van der Waals surface area contributed by atoms with Crippen molar-refractivity contribution in [2.24, 2.45) is 5.73 Å². The molecule has 0 saturated heterocycles. The number of rotatable bonds is 6. The summed E-state index contributed by atoms with van der Waals surface area (Å²) in [6.45, 7) is 5.07. The van der Waals surface area contributed by atoms with Crippen molar-refractivity contribution in [1.29, 1.82) is 0 Å². The number of hydrogen-bond acceptors (Lipinski definition) is 4. The van der Waals surface area contributed by atoms with E-state index in [1.165, 1.54) is 0 Å². The second-order valence-electron chi connectivity index (χ2n) is 4.02. The molecular weight excluding hydrogens is 242 g/mol. The van der Waals surface area contributed by atoms with Gasteiger partial charge in [-0.2, -0.15) is 0 Å². The number of H-pyrrole nitrogens is 1. The summed E-state index contributed by atoms with van der Waals surface area (Å²) < 4.78 is 11.1. The predicted octanol–water partition coefficient (Wildman–Crippen LogP) is 2.26. The Balaban J connectivity index is 2.29. The summed E-state index contributed by atoms with van der Waals surface area (Å²) in [6, 6.07) is 5.42. The molecule has 1 unspecified atom stereocenters. The predicted molar refractivity (Wildman–Crippen MR) is 73.4 cm³/mol. The van der Waals surface area contributed by atoms with E-state index in [4.69, 9.17) is 15.2 Å². The van der Waals surface area contributed by atoms with Gasteiger partial charge in [0.1, 0.15) is 5.82 Å². The molecule has 2 aromatic rings. The highest BCUT2D eigenvalue weighted by Crippen LogP contribution is 2.31. The maximum absolute atomic E-state index is 6.16. The third-order valence-corrected chi connectivity index (χ3v) is 2.74. The van der Waals surface area contributed by atoms with Crippen molar-refractivity contribution in [3.8, 4) is 11.5 Å². The van der Waals surface area contributed by atoms with Crippen molar-refractivity contribution < 1.29 is 9.47 Å². The van der Waals surface area contributed by atoms with E-state index in [-0.39, 0.29) is 6.04 Å². The van der Waals surface area contributed by atoms with Crippen LogP contribution in [0.4, 0.5) is 0 Å². The van der Waals surface area contributed by atoms with Gasteiger partial charge in [-0.25, -0.2) is 4.98 Å². The molecule has 0 amide bonds. The van der Waals surface area contributed by atoms with E-state index in [0.29, 0.717) is 19.0 Å². The molecule has 1 heterocycles. The quantitative estimate of drug-likeness (QED) is 0.836. The van der Waals surface area contributed by atoms with E-state index in [1.54, 1.807) is 12.4 Å². The molecule has 0 bridgehead atoms. The molecule has 5 nitrogen and oxygen atoms in total. The molecule has 0 aliphatic heterocycles. The third-order valence-electron chi connectivity index (χ3n) is 2.74. The van der Waals surface area contributed by atoms with E-state index in [9.17, 15) is 0 Å². The minimum absolute atomic E-state index is 0.301. The molecule has 1 aromatic carbocycles. The molecule has 0 radical (unpaired) electrons. The normalized spacial score (nSPS) is 12.2. The highest BCUT2D eigenvalue weighted by atomic mass is 16.5. The van der Waals surface area contributed by atoms with Gasteiger partial charge in [-0.15, -0.1) is 0 Å². The number of nitrogens with zero attached hydrogens (tertiary/aromatic N) is 1. The van der Waals surface area contributed by atoms with Crippen LogP contribution in [0.5, 0.6) is 11.5 Å². The highest BCUT2D eigenvalue weighted by molar-refractivity contribution is 5.44. The zero-order valence-corrected chi connectivity index (χ0v) is 11.2. The molecule has 3 N–H and O–H groups in total. The van der Waals surface area contributed by atoms with Gasteiger partial charge in [-0.3, -0.25) is 0 Å². The van der Waals surface area contributed by atoms with E-state index in [0.717, 1.165) is 17.1 Å². The number of ether oxygens (including phenoxy) is 2. The van der Waals surface area contributed by atoms with Crippen LogP contribution in [0, 0.1) is 0 Å². The number of hydrogen-bond donors (Lipinski definition) is 2. The van der Waals surface area contributed by atoms with Crippen molar-refractivity contribution in [3.05, 3.63) is 42.0 Å². The van der Waals surface area contributed by atoms with Gasteiger partial charge in [0.25, 0.3) is 0 Å². The highest BCUT2D eigenvalue weighted by Gasteiger charge is 2.14. The van der Waals surface area contributed by atoms with Gasteiger partial charge >= 0.3 is 0 Å². The van der Waals surface area contributed by atoms with Crippen molar-refractivity contribution in [2.45, 2.75) is 19.9 Å². The average Bonchev–Trinajstić information content (AvgIpc) is 2.94. The maximum atomic E-state index is 6.16. The minimum atomic E-state index is -0.301. The van der Waals surface area contributed by atoms with Gasteiger partial charge in [-0.05, 0) is 31.5 Å². The molecule has 19 heavy (non-hydrogen) atoms. The SMILES string of the molecule is CCOc1ccc(C(N)c2ncc[nH]2)cc1OCC. The fraction of sp³-hybridized carbons (Fsp3) is 0.357. The topological polar surface area (TPSA) is 73.2 Å². The average molecular weight is 261 g/mol. The standard InChI is InChI=1S/C14H19N3O2/c1-3-18-11-6-5-10(9-12(11)19-4-2)13(15)14-16-7-8-17-14/h5-9,13H,3-4,15H2,1-2H3,(H,16,17). The van der Waals surface area contributed by atoms with Crippen LogP contribution in [0.2, 0.25) is 0 Å². The molecular formula is C14H19N3O2. The summed E-state index contributed by atoms with van der Waals surface area (Å²) >= 11 is 0. The molecule has 0 spiro atoms. The Bertz CT molecular complexity index is 511. The van der Waals surface area contributed by atoms with Crippen molar-refractivity contribution in [3.63, 3.8) is 0 Å². The summed E-state index contributed by atoms with van der Waals surface area (Å²) in [6.07, 6.45) is 3.44. The summed E-state index contributed by atoms with van der Waals surface area (Å²) in [5.74, 6) is 2.18. The Morgan fingerprint density at radius 3 is 2.58 bits per heavy atom. The van der Waals surface area contributed by atoms with E-state index >= 15 is 0 Å². The maximum Gasteiger partial charge on any atom is 0.161 e. The first-order chi connectivity index (χ1) is 9.26. The molecule has 2 rings (SSSR count). The second-order valence-corrected chi connectivity index (χ2v) is 4.02. The van der Waals surface area contributed by atoms with Crippen LogP contribution in [-0.2, 0) is 0 Å². The van der Waals surface area contributed by atoms with Gasteiger partial charge in [0.15, 0.2) is 11.5 Å². The lowest BCUT2D eigenvalue weighted by Gasteiger charge is -2.15. The Kier molecular flexibility index (Phi) is 4.41. The first kappa shape index (κ1) is 13.4. The van der Waals surface area contributed by atoms with Crippen LogP contribution < -0.4 is 15.2 Å².